The lowest BCUT2D eigenvalue weighted by Crippen LogP contribution is -2.35. The van der Waals surface area contributed by atoms with Gasteiger partial charge in [-0.1, -0.05) is 19.9 Å². The summed E-state index contributed by atoms with van der Waals surface area (Å²) in [5.74, 6) is -0.151. The highest BCUT2D eigenvalue weighted by molar-refractivity contribution is 6.23. The molecule has 2 rings (SSSR count). The number of nitrogens with zero attached hydrogens (tertiary/aromatic N) is 2. The number of benzene rings is 1. The zero-order valence-corrected chi connectivity index (χ0v) is 12.5. The van der Waals surface area contributed by atoms with Crippen molar-refractivity contribution in [1.29, 1.82) is 5.26 Å². The molecule has 0 spiro atoms. The monoisotopic (exact) mass is 286 g/mol. The van der Waals surface area contributed by atoms with E-state index in [1.165, 1.54) is 7.11 Å². The third kappa shape index (κ3) is 2.17. The van der Waals surface area contributed by atoms with E-state index in [1.54, 1.807) is 18.2 Å². The molecule has 21 heavy (non-hydrogen) atoms. The maximum atomic E-state index is 12.8. The van der Waals surface area contributed by atoms with E-state index >= 15 is 0 Å². The molecule has 1 aliphatic heterocycles. The Morgan fingerprint density at radius 2 is 2.00 bits per heavy atom. The van der Waals surface area contributed by atoms with E-state index < -0.39 is 5.41 Å². The van der Waals surface area contributed by atoms with Gasteiger partial charge in [-0.3, -0.25) is 9.59 Å². The minimum atomic E-state index is -0.662. The molecule has 0 radical (unpaired) electrons. The largest absolute Gasteiger partial charge is 0.495 e. The summed E-state index contributed by atoms with van der Waals surface area (Å²) in [7, 11) is 1.46. The van der Waals surface area contributed by atoms with E-state index in [-0.39, 0.29) is 29.5 Å². The quantitative estimate of drug-likeness (QED) is 0.798. The van der Waals surface area contributed by atoms with Gasteiger partial charge in [-0.25, -0.2) is 4.90 Å². The Morgan fingerprint density at radius 3 is 2.48 bits per heavy atom. The third-order valence-electron chi connectivity index (χ3n) is 4.31. The molecule has 1 aromatic carbocycles. The van der Waals surface area contributed by atoms with Gasteiger partial charge in [0.15, 0.2) is 0 Å². The number of nitriles is 1. The Morgan fingerprint density at radius 1 is 1.33 bits per heavy atom. The van der Waals surface area contributed by atoms with Gasteiger partial charge in [0.25, 0.3) is 0 Å². The lowest BCUT2D eigenvalue weighted by Gasteiger charge is -2.24. The summed E-state index contributed by atoms with van der Waals surface area (Å²) in [5, 5.41) is 9.26. The topological polar surface area (TPSA) is 70.4 Å². The molecule has 1 aromatic rings. The number of ether oxygens (including phenoxy) is 1. The molecule has 0 bridgehead atoms. The Labute approximate surface area is 124 Å². The van der Waals surface area contributed by atoms with Gasteiger partial charge in [0.1, 0.15) is 17.5 Å². The van der Waals surface area contributed by atoms with Gasteiger partial charge in [0, 0.05) is 6.42 Å². The number of amides is 2. The predicted octanol–water partition coefficient (Wildman–Crippen LogP) is 2.64. The van der Waals surface area contributed by atoms with Crippen LogP contribution in [-0.4, -0.2) is 18.9 Å². The van der Waals surface area contributed by atoms with Gasteiger partial charge in [-0.05, 0) is 25.0 Å². The molecule has 0 aliphatic carbocycles. The molecule has 5 nitrogen and oxygen atoms in total. The van der Waals surface area contributed by atoms with E-state index in [4.69, 9.17) is 4.74 Å². The van der Waals surface area contributed by atoms with E-state index in [1.807, 2.05) is 19.9 Å². The molecule has 0 saturated carbocycles. The van der Waals surface area contributed by atoms with Crippen LogP contribution in [0, 0.1) is 16.7 Å². The lowest BCUT2D eigenvalue weighted by molar-refractivity contribution is -0.126. The van der Waals surface area contributed by atoms with Crippen LogP contribution in [0.15, 0.2) is 18.2 Å². The second-order valence-electron chi connectivity index (χ2n) is 5.17. The van der Waals surface area contributed by atoms with E-state index in [0.29, 0.717) is 18.6 Å². The van der Waals surface area contributed by atoms with Crippen molar-refractivity contribution in [3.8, 4) is 11.8 Å². The molecule has 0 unspecified atom stereocenters. The van der Waals surface area contributed by atoms with Gasteiger partial charge in [0.2, 0.25) is 11.8 Å². The fraction of sp³-hybridized carbons (Fsp3) is 0.438. The molecule has 5 heteroatoms. The van der Waals surface area contributed by atoms with E-state index in [0.717, 1.165) is 4.90 Å². The molecule has 1 saturated heterocycles. The first-order valence-corrected chi connectivity index (χ1v) is 6.99. The zero-order valence-electron chi connectivity index (χ0n) is 12.5. The first-order chi connectivity index (χ1) is 10.0. The minimum absolute atomic E-state index is 0.182. The van der Waals surface area contributed by atoms with Crippen LogP contribution in [0.3, 0.4) is 0 Å². The fourth-order valence-corrected chi connectivity index (χ4v) is 2.83. The number of hydrogen-bond acceptors (Lipinski definition) is 4. The van der Waals surface area contributed by atoms with Crippen LogP contribution in [0.2, 0.25) is 0 Å². The summed E-state index contributed by atoms with van der Waals surface area (Å²) in [4.78, 5) is 26.3. The Balaban J connectivity index is 2.61. The number of methoxy groups -OCH3 is 1. The van der Waals surface area contributed by atoms with Crippen LogP contribution >= 0.6 is 0 Å². The van der Waals surface area contributed by atoms with Crippen molar-refractivity contribution in [3.63, 3.8) is 0 Å². The highest BCUT2D eigenvalue weighted by Crippen LogP contribution is 2.44. The first-order valence-electron chi connectivity index (χ1n) is 6.99. The van der Waals surface area contributed by atoms with Gasteiger partial charge >= 0.3 is 0 Å². The van der Waals surface area contributed by atoms with Crippen molar-refractivity contribution in [3.05, 3.63) is 23.8 Å². The number of rotatable bonds is 4. The summed E-state index contributed by atoms with van der Waals surface area (Å²) in [6.07, 6.45) is 1.38. The molecule has 2 amide bonds. The van der Waals surface area contributed by atoms with Crippen molar-refractivity contribution < 1.29 is 14.3 Å². The predicted molar refractivity (Wildman–Crippen MR) is 77.8 cm³/mol. The molecule has 0 N–H and O–H groups in total. The molecular weight excluding hydrogens is 268 g/mol. The summed E-state index contributed by atoms with van der Waals surface area (Å²) in [6.45, 7) is 3.82. The Hall–Kier alpha value is -2.35. The maximum absolute atomic E-state index is 12.8. The van der Waals surface area contributed by atoms with Crippen molar-refractivity contribution in [2.45, 2.75) is 33.1 Å². The van der Waals surface area contributed by atoms with E-state index in [2.05, 4.69) is 0 Å². The van der Waals surface area contributed by atoms with Gasteiger partial charge in [-0.2, -0.15) is 5.26 Å². The molecule has 1 heterocycles. The number of imide groups is 1. The van der Waals surface area contributed by atoms with Crippen molar-refractivity contribution in [2.24, 2.45) is 5.41 Å². The molecular formula is C16H18N2O3. The standard InChI is InChI=1S/C16H18N2O3/c1-4-16(5-2)9-13(19)18(15(16)20)14-11(10-17)7-6-8-12(14)21-3/h6-8H,4-5,9H2,1-3H3. The maximum Gasteiger partial charge on any atom is 0.240 e. The van der Waals surface area contributed by atoms with E-state index in [9.17, 15) is 14.9 Å². The normalized spacial score (nSPS) is 17.0. The van der Waals surface area contributed by atoms with Gasteiger partial charge in [-0.15, -0.1) is 0 Å². The SMILES string of the molecule is CCC1(CC)CC(=O)N(c2c(C#N)cccc2OC)C1=O. The van der Waals surface area contributed by atoms with Crippen molar-refractivity contribution in [2.75, 3.05) is 12.0 Å². The summed E-state index contributed by atoms with van der Waals surface area (Å²) in [5.41, 5.74) is -0.134. The zero-order chi connectivity index (χ0) is 15.6. The Kier molecular flexibility index (Phi) is 3.99. The average Bonchev–Trinajstić information content (AvgIpc) is 2.77. The highest BCUT2D eigenvalue weighted by Gasteiger charge is 2.50. The van der Waals surface area contributed by atoms with Crippen LogP contribution in [-0.2, 0) is 9.59 Å². The molecule has 0 atom stereocenters. The van der Waals surface area contributed by atoms with Crippen molar-refractivity contribution in [1.82, 2.24) is 0 Å². The van der Waals surface area contributed by atoms with Crippen LogP contribution in [0.4, 0.5) is 5.69 Å². The first kappa shape index (κ1) is 15.0. The third-order valence-corrected chi connectivity index (χ3v) is 4.31. The second kappa shape index (κ2) is 5.57. The molecule has 1 fully saturated rings. The van der Waals surface area contributed by atoms with Crippen LogP contribution in [0.5, 0.6) is 5.75 Å². The highest BCUT2D eigenvalue weighted by atomic mass is 16.5. The number of hydrogen-bond donors (Lipinski definition) is 0. The fourth-order valence-electron chi connectivity index (χ4n) is 2.83. The summed E-state index contributed by atoms with van der Waals surface area (Å²) in [6, 6.07) is 6.92. The second-order valence-corrected chi connectivity index (χ2v) is 5.17. The Bertz CT molecular complexity index is 627. The molecule has 110 valence electrons. The number of carbonyl (C=O) groups is 2. The molecule has 0 aromatic heterocycles. The molecule has 1 aliphatic rings. The number of para-hydroxylation sites is 1. The van der Waals surface area contributed by atoms with Crippen LogP contribution in [0.1, 0.15) is 38.7 Å². The lowest BCUT2D eigenvalue weighted by atomic mass is 9.81. The van der Waals surface area contributed by atoms with Crippen molar-refractivity contribution >= 4 is 17.5 Å². The van der Waals surface area contributed by atoms with Crippen LogP contribution < -0.4 is 9.64 Å². The van der Waals surface area contributed by atoms with Crippen LogP contribution in [0.25, 0.3) is 0 Å². The summed E-state index contributed by atoms with van der Waals surface area (Å²) >= 11 is 0. The van der Waals surface area contributed by atoms with Gasteiger partial charge in [0.05, 0.1) is 18.1 Å². The number of carbonyl (C=O) groups excluding carboxylic acids is 2. The number of anilines is 1. The minimum Gasteiger partial charge on any atom is -0.495 e. The smallest absolute Gasteiger partial charge is 0.240 e. The summed E-state index contributed by atoms with van der Waals surface area (Å²) < 4.78 is 5.24. The van der Waals surface area contributed by atoms with Gasteiger partial charge < -0.3 is 4.74 Å². The average molecular weight is 286 g/mol.